The normalized spacial score (nSPS) is 13.2. The highest BCUT2D eigenvalue weighted by Crippen LogP contribution is 2.32. The van der Waals surface area contributed by atoms with Crippen LogP contribution in [0.1, 0.15) is 27.1 Å². The number of thiophene rings is 1. The third-order valence-electron chi connectivity index (χ3n) is 3.38. The number of aryl methyl sites for hydroxylation is 2. The Morgan fingerprint density at radius 1 is 1.45 bits per heavy atom. The van der Waals surface area contributed by atoms with E-state index in [0.29, 0.717) is 5.02 Å². The van der Waals surface area contributed by atoms with Crippen LogP contribution in [0, 0.1) is 13.8 Å². The highest BCUT2D eigenvalue weighted by atomic mass is 35.5. The standard InChI is InChI=1S/C14H21ClN4S/c1-9-7-12(20-10(9)2)13(16)14-11(15)8-17-19(14)6-5-18(3)4/h7-8,13H,5-6,16H2,1-4H3. The highest BCUT2D eigenvalue weighted by Gasteiger charge is 2.20. The Morgan fingerprint density at radius 3 is 2.70 bits per heavy atom. The van der Waals surface area contributed by atoms with Crippen molar-refractivity contribution in [1.82, 2.24) is 14.7 Å². The Kier molecular flexibility index (Phi) is 4.86. The first-order valence-electron chi connectivity index (χ1n) is 6.58. The van der Waals surface area contributed by atoms with Gasteiger partial charge in [-0.25, -0.2) is 0 Å². The largest absolute Gasteiger partial charge is 0.318 e. The van der Waals surface area contributed by atoms with Gasteiger partial charge in [-0.05, 0) is 39.6 Å². The molecule has 0 aromatic carbocycles. The van der Waals surface area contributed by atoms with E-state index in [2.05, 4.69) is 29.9 Å². The van der Waals surface area contributed by atoms with Crippen LogP contribution in [0.15, 0.2) is 12.3 Å². The van der Waals surface area contributed by atoms with Crippen LogP contribution < -0.4 is 5.73 Å². The monoisotopic (exact) mass is 312 g/mol. The van der Waals surface area contributed by atoms with Crippen LogP contribution in [0.3, 0.4) is 0 Å². The molecule has 110 valence electrons. The summed E-state index contributed by atoms with van der Waals surface area (Å²) < 4.78 is 1.91. The molecular formula is C14H21ClN4S. The fraction of sp³-hybridized carbons (Fsp3) is 0.500. The Hall–Kier alpha value is -0.880. The van der Waals surface area contributed by atoms with Crippen LogP contribution in [0.2, 0.25) is 5.02 Å². The molecule has 2 rings (SSSR count). The van der Waals surface area contributed by atoms with E-state index in [1.54, 1.807) is 17.5 Å². The van der Waals surface area contributed by atoms with Gasteiger partial charge in [0.2, 0.25) is 0 Å². The molecule has 0 aliphatic heterocycles. The Labute approximate surface area is 129 Å². The number of likely N-dealkylation sites (N-methyl/N-ethyl adjacent to an activating group) is 1. The van der Waals surface area contributed by atoms with E-state index >= 15 is 0 Å². The molecule has 2 aromatic heterocycles. The van der Waals surface area contributed by atoms with Gasteiger partial charge in [0.1, 0.15) is 0 Å². The fourth-order valence-electron chi connectivity index (χ4n) is 2.04. The lowest BCUT2D eigenvalue weighted by atomic mass is 10.1. The van der Waals surface area contributed by atoms with Gasteiger partial charge in [-0.1, -0.05) is 11.6 Å². The van der Waals surface area contributed by atoms with Crippen LogP contribution in [-0.4, -0.2) is 35.3 Å². The maximum Gasteiger partial charge on any atom is 0.0838 e. The minimum Gasteiger partial charge on any atom is -0.318 e. The summed E-state index contributed by atoms with van der Waals surface area (Å²) in [6.45, 7) is 5.90. The number of hydrogen-bond acceptors (Lipinski definition) is 4. The lowest BCUT2D eigenvalue weighted by Gasteiger charge is -2.16. The van der Waals surface area contributed by atoms with Crippen LogP contribution in [0.4, 0.5) is 0 Å². The molecule has 0 fully saturated rings. The quantitative estimate of drug-likeness (QED) is 0.923. The second kappa shape index (κ2) is 6.26. The molecule has 2 heterocycles. The molecule has 0 spiro atoms. The van der Waals surface area contributed by atoms with Gasteiger partial charge in [0.15, 0.2) is 0 Å². The lowest BCUT2D eigenvalue weighted by molar-refractivity contribution is 0.368. The summed E-state index contributed by atoms with van der Waals surface area (Å²) in [5.41, 5.74) is 8.57. The SMILES string of the molecule is Cc1cc(C(N)c2c(Cl)cnn2CCN(C)C)sc1C. The van der Waals surface area contributed by atoms with Crippen molar-refractivity contribution in [3.05, 3.63) is 38.3 Å². The molecule has 0 amide bonds. The van der Waals surface area contributed by atoms with Crippen LogP contribution >= 0.6 is 22.9 Å². The van der Waals surface area contributed by atoms with Crippen molar-refractivity contribution in [3.63, 3.8) is 0 Å². The zero-order valence-electron chi connectivity index (χ0n) is 12.4. The van der Waals surface area contributed by atoms with Gasteiger partial charge < -0.3 is 10.6 Å². The second-order valence-corrected chi connectivity index (χ2v) is 6.96. The van der Waals surface area contributed by atoms with Crippen molar-refractivity contribution in [1.29, 1.82) is 0 Å². The predicted molar refractivity (Wildman–Crippen MR) is 85.6 cm³/mol. The average molecular weight is 313 g/mol. The maximum absolute atomic E-state index is 6.40. The van der Waals surface area contributed by atoms with Crippen LogP contribution in [-0.2, 0) is 6.54 Å². The molecule has 6 heteroatoms. The average Bonchev–Trinajstić information content (AvgIpc) is 2.90. The molecule has 2 N–H and O–H groups in total. The summed E-state index contributed by atoms with van der Waals surface area (Å²) >= 11 is 8.01. The first-order chi connectivity index (χ1) is 9.40. The summed E-state index contributed by atoms with van der Waals surface area (Å²) in [7, 11) is 4.08. The summed E-state index contributed by atoms with van der Waals surface area (Å²) in [4.78, 5) is 4.55. The topological polar surface area (TPSA) is 47.1 Å². The summed E-state index contributed by atoms with van der Waals surface area (Å²) in [5, 5.41) is 4.99. The van der Waals surface area contributed by atoms with E-state index in [-0.39, 0.29) is 6.04 Å². The summed E-state index contributed by atoms with van der Waals surface area (Å²) in [5.74, 6) is 0. The van der Waals surface area contributed by atoms with Crippen molar-refractivity contribution in [2.75, 3.05) is 20.6 Å². The molecule has 2 aromatic rings. The van der Waals surface area contributed by atoms with Crippen LogP contribution in [0.25, 0.3) is 0 Å². The van der Waals surface area contributed by atoms with Gasteiger partial charge in [-0.3, -0.25) is 4.68 Å². The zero-order chi connectivity index (χ0) is 14.9. The first-order valence-corrected chi connectivity index (χ1v) is 7.78. The van der Waals surface area contributed by atoms with E-state index in [1.165, 1.54) is 10.4 Å². The molecule has 4 nitrogen and oxygen atoms in total. The van der Waals surface area contributed by atoms with Gasteiger partial charge in [0.25, 0.3) is 0 Å². The molecule has 0 radical (unpaired) electrons. The number of aromatic nitrogens is 2. The van der Waals surface area contributed by atoms with Gasteiger partial charge >= 0.3 is 0 Å². The molecule has 1 unspecified atom stereocenters. The molecule has 0 saturated carbocycles. The first kappa shape index (κ1) is 15.5. The van der Waals surface area contributed by atoms with Crippen molar-refractivity contribution in [2.45, 2.75) is 26.4 Å². The van der Waals surface area contributed by atoms with Gasteiger partial charge in [0, 0.05) is 16.3 Å². The van der Waals surface area contributed by atoms with Crippen molar-refractivity contribution >= 4 is 22.9 Å². The molecular weight excluding hydrogens is 292 g/mol. The molecule has 20 heavy (non-hydrogen) atoms. The van der Waals surface area contributed by atoms with Gasteiger partial charge in [-0.15, -0.1) is 11.3 Å². The van der Waals surface area contributed by atoms with Crippen molar-refractivity contribution in [3.8, 4) is 0 Å². The summed E-state index contributed by atoms with van der Waals surface area (Å²) in [6.07, 6.45) is 1.68. The Balaban J connectivity index is 2.29. The lowest BCUT2D eigenvalue weighted by Crippen LogP contribution is -2.23. The number of nitrogens with two attached hydrogens (primary N) is 1. The smallest absolute Gasteiger partial charge is 0.0838 e. The maximum atomic E-state index is 6.40. The van der Waals surface area contributed by atoms with E-state index in [0.717, 1.165) is 23.7 Å². The highest BCUT2D eigenvalue weighted by molar-refractivity contribution is 7.12. The van der Waals surface area contributed by atoms with E-state index in [1.807, 2.05) is 18.8 Å². The number of hydrogen-bond donors (Lipinski definition) is 1. The molecule has 0 aliphatic carbocycles. The third-order valence-corrected chi connectivity index (χ3v) is 4.91. The second-order valence-electron chi connectivity index (χ2n) is 5.27. The molecule has 0 bridgehead atoms. The van der Waals surface area contributed by atoms with E-state index < -0.39 is 0 Å². The van der Waals surface area contributed by atoms with Crippen LogP contribution in [0.5, 0.6) is 0 Å². The Bertz CT molecular complexity index is 569. The van der Waals surface area contributed by atoms with Gasteiger partial charge in [-0.2, -0.15) is 5.10 Å². The number of nitrogens with zero attached hydrogens (tertiary/aromatic N) is 3. The zero-order valence-corrected chi connectivity index (χ0v) is 13.9. The van der Waals surface area contributed by atoms with Crippen molar-refractivity contribution in [2.24, 2.45) is 5.73 Å². The minimum atomic E-state index is -0.218. The Morgan fingerprint density at radius 2 is 2.15 bits per heavy atom. The van der Waals surface area contributed by atoms with E-state index in [4.69, 9.17) is 17.3 Å². The molecule has 0 saturated heterocycles. The minimum absolute atomic E-state index is 0.218. The van der Waals surface area contributed by atoms with E-state index in [9.17, 15) is 0 Å². The predicted octanol–water partition coefficient (Wildman–Crippen LogP) is 2.82. The fourth-order valence-corrected chi connectivity index (χ4v) is 3.35. The number of halogens is 1. The van der Waals surface area contributed by atoms with Gasteiger partial charge in [0.05, 0.1) is 29.5 Å². The summed E-state index contributed by atoms with van der Waals surface area (Å²) in [6, 6.07) is 1.93. The number of rotatable bonds is 5. The molecule has 0 aliphatic rings. The van der Waals surface area contributed by atoms with Crippen molar-refractivity contribution < 1.29 is 0 Å². The molecule has 1 atom stereocenters. The third kappa shape index (κ3) is 3.23.